The Labute approximate surface area is 140 Å². The molecule has 0 unspecified atom stereocenters. The van der Waals surface area contributed by atoms with Crippen LogP contribution in [-0.2, 0) is 13.6 Å². The molecule has 2 heterocycles. The minimum absolute atomic E-state index is 0.0952. The van der Waals surface area contributed by atoms with Gasteiger partial charge in [-0.3, -0.25) is 14.6 Å². The van der Waals surface area contributed by atoms with Crippen molar-refractivity contribution in [1.29, 1.82) is 0 Å². The van der Waals surface area contributed by atoms with Crippen LogP contribution >= 0.6 is 0 Å². The molecule has 5 nitrogen and oxygen atoms in total. The predicted octanol–water partition coefficient (Wildman–Crippen LogP) is 2.48. The van der Waals surface area contributed by atoms with E-state index in [-0.39, 0.29) is 18.0 Å². The number of carbonyl (C=O) groups excluding carboxylic acids is 1. The highest BCUT2D eigenvalue weighted by Crippen LogP contribution is 2.17. The van der Waals surface area contributed by atoms with Gasteiger partial charge in [-0.25, -0.2) is 0 Å². The fourth-order valence-electron chi connectivity index (χ4n) is 2.61. The molecule has 0 radical (unpaired) electrons. The minimum atomic E-state index is -0.235. The highest BCUT2D eigenvalue weighted by Gasteiger charge is 2.12. The fraction of sp³-hybridized carbons (Fsp3) is 0.211. The number of rotatable bonds is 3. The Bertz CT molecular complexity index is 990. The van der Waals surface area contributed by atoms with E-state index in [0.717, 1.165) is 16.8 Å². The molecule has 122 valence electrons. The zero-order valence-corrected chi connectivity index (χ0v) is 14.0. The first-order valence-electron chi connectivity index (χ1n) is 7.77. The summed E-state index contributed by atoms with van der Waals surface area (Å²) in [6.45, 7) is 3.95. The Hall–Kier alpha value is -2.95. The number of para-hydroxylation sites is 1. The number of aromatic nitrogens is 2. The molecule has 1 N–H and O–H groups in total. The van der Waals surface area contributed by atoms with Crippen molar-refractivity contribution in [2.24, 2.45) is 7.05 Å². The van der Waals surface area contributed by atoms with E-state index in [1.165, 1.54) is 0 Å². The monoisotopic (exact) mass is 321 g/mol. The van der Waals surface area contributed by atoms with Crippen LogP contribution in [-0.4, -0.2) is 15.5 Å². The fourth-order valence-corrected chi connectivity index (χ4v) is 2.61. The third-order valence-electron chi connectivity index (χ3n) is 4.18. The molecule has 0 fully saturated rings. The second-order valence-electron chi connectivity index (χ2n) is 5.88. The number of hydrogen-bond acceptors (Lipinski definition) is 3. The van der Waals surface area contributed by atoms with Gasteiger partial charge in [0.25, 0.3) is 11.5 Å². The first-order chi connectivity index (χ1) is 11.5. The number of aryl methyl sites for hydroxylation is 2. The highest BCUT2D eigenvalue weighted by molar-refractivity contribution is 6.05. The second kappa shape index (κ2) is 6.28. The Kier molecular flexibility index (Phi) is 4.16. The van der Waals surface area contributed by atoms with Crippen LogP contribution in [0.5, 0.6) is 0 Å². The summed E-state index contributed by atoms with van der Waals surface area (Å²) in [5, 5.41) is 3.74. The van der Waals surface area contributed by atoms with E-state index in [4.69, 9.17) is 0 Å². The number of nitrogens with zero attached hydrogens (tertiary/aromatic N) is 2. The van der Waals surface area contributed by atoms with Gasteiger partial charge in [0.2, 0.25) is 0 Å². The van der Waals surface area contributed by atoms with Crippen molar-refractivity contribution in [1.82, 2.24) is 14.9 Å². The largest absolute Gasteiger partial charge is 0.348 e. The summed E-state index contributed by atoms with van der Waals surface area (Å²) in [5.74, 6) is -0.235. The molecule has 24 heavy (non-hydrogen) atoms. The lowest BCUT2D eigenvalue weighted by molar-refractivity contribution is 0.0952. The average molecular weight is 321 g/mol. The van der Waals surface area contributed by atoms with Crippen LogP contribution in [0.4, 0.5) is 0 Å². The first-order valence-corrected chi connectivity index (χ1v) is 7.77. The van der Waals surface area contributed by atoms with Crippen LogP contribution in [0.3, 0.4) is 0 Å². The smallest absolute Gasteiger partial charge is 0.255 e. The Morgan fingerprint density at radius 3 is 2.71 bits per heavy atom. The van der Waals surface area contributed by atoms with Crippen LogP contribution in [0.25, 0.3) is 10.9 Å². The average Bonchev–Trinajstić information content (AvgIpc) is 2.58. The highest BCUT2D eigenvalue weighted by atomic mass is 16.2. The molecule has 0 bridgehead atoms. The van der Waals surface area contributed by atoms with Crippen molar-refractivity contribution < 1.29 is 4.79 Å². The van der Waals surface area contributed by atoms with Gasteiger partial charge < -0.3 is 9.88 Å². The topological polar surface area (TPSA) is 64.0 Å². The maximum Gasteiger partial charge on any atom is 0.255 e. The van der Waals surface area contributed by atoms with Crippen molar-refractivity contribution in [3.63, 3.8) is 0 Å². The van der Waals surface area contributed by atoms with Crippen LogP contribution in [0.15, 0.2) is 47.3 Å². The van der Waals surface area contributed by atoms with Gasteiger partial charge in [0.05, 0.1) is 11.1 Å². The molecule has 1 aromatic carbocycles. The van der Waals surface area contributed by atoms with Crippen LogP contribution in [0.1, 0.15) is 27.3 Å². The van der Waals surface area contributed by atoms with Gasteiger partial charge >= 0.3 is 0 Å². The summed E-state index contributed by atoms with van der Waals surface area (Å²) in [6, 6.07) is 13.0. The lowest BCUT2D eigenvalue weighted by Gasteiger charge is -2.10. The van der Waals surface area contributed by atoms with Crippen molar-refractivity contribution >= 4 is 16.8 Å². The molecule has 0 spiro atoms. The van der Waals surface area contributed by atoms with E-state index in [1.54, 1.807) is 23.7 Å². The van der Waals surface area contributed by atoms with E-state index in [0.29, 0.717) is 16.6 Å². The van der Waals surface area contributed by atoms with E-state index >= 15 is 0 Å². The van der Waals surface area contributed by atoms with E-state index < -0.39 is 0 Å². The number of nitrogens with one attached hydrogen (secondary N) is 1. The van der Waals surface area contributed by atoms with Gasteiger partial charge in [-0.05, 0) is 32.0 Å². The summed E-state index contributed by atoms with van der Waals surface area (Å²) in [4.78, 5) is 29.2. The molecule has 3 aromatic rings. The number of carbonyl (C=O) groups is 1. The normalized spacial score (nSPS) is 10.8. The molecule has 2 aromatic heterocycles. The summed E-state index contributed by atoms with van der Waals surface area (Å²) >= 11 is 0. The standard InChI is InChI=1S/C19H19N3O2/c1-12-7-9-14-5-4-6-16(17(14)21-12)18(23)20-11-15-10-8-13(2)22(3)19(15)24/h4-10H,11H2,1-3H3,(H,20,23). The quantitative estimate of drug-likeness (QED) is 0.806. The maximum atomic E-state index is 12.5. The van der Waals surface area contributed by atoms with Crippen molar-refractivity contribution in [2.75, 3.05) is 0 Å². The van der Waals surface area contributed by atoms with Gasteiger partial charge in [-0.1, -0.05) is 24.3 Å². The van der Waals surface area contributed by atoms with E-state index in [2.05, 4.69) is 10.3 Å². The molecule has 0 aliphatic heterocycles. The lowest BCUT2D eigenvalue weighted by atomic mass is 10.1. The van der Waals surface area contributed by atoms with Gasteiger partial charge in [0.1, 0.15) is 0 Å². The van der Waals surface area contributed by atoms with Crippen LogP contribution in [0.2, 0.25) is 0 Å². The number of amides is 1. The van der Waals surface area contributed by atoms with Gasteiger partial charge in [-0.15, -0.1) is 0 Å². The molecule has 0 atom stereocenters. The Balaban J connectivity index is 1.88. The van der Waals surface area contributed by atoms with Gasteiger partial charge in [-0.2, -0.15) is 0 Å². The zero-order valence-electron chi connectivity index (χ0n) is 14.0. The van der Waals surface area contributed by atoms with Crippen LogP contribution < -0.4 is 10.9 Å². The van der Waals surface area contributed by atoms with Gasteiger partial charge in [0.15, 0.2) is 0 Å². The van der Waals surface area contributed by atoms with Crippen molar-refractivity contribution in [3.05, 3.63) is 75.3 Å². The number of pyridine rings is 2. The third-order valence-corrected chi connectivity index (χ3v) is 4.18. The molecule has 3 rings (SSSR count). The SMILES string of the molecule is Cc1ccc2cccc(C(=O)NCc3ccc(C)n(C)c3=O)c2n1. The van der Waals surface area contributed by atoms with Crippen LogP contribution in [0, 0.1) is 13.8 Å². The summed E-state index contributed by atoms with van der Waals surface area (Å²) in [7, 11) is 1.72. The third kappa shape index (κ3) is 2.93. The minimum Gasteiger partial charge on any atom is -0.348 e. The Morgan fingerprint density at radius 1 is 1.12 bits per heavy atom. The molecule has 1 amide bonds. The first kappa shape index (κ1) is 15.9. The van der Waals surface area contributed by atoms with Crippen molar-refractivity contribution in [3.8, 4) is 0 Å². The molecule has 0 aliphatic carbocycles. The van der Waals surface area contributed by atoms with Gasteiger partial charge in [0, 0.05) is 35.9 Å². The predicted molar refractivity (Wildman–Crippen MR) is 94.1 cm³/mol. The second-order valence-corrected chi connectivity index (χ2v) is 5.88. The summed E-state index contributed by atoms with van der Waals surface area (Å²) in [5.41, 5.74) is 3.38. The van der Waals surface area contributed by atoms with Crippen molar-refractivity contribution in [2.45, 2.75) is 20.4 Å². The molecule has 0 saturated heterocycles. The number of hydrogen-bond donors (Lipinski definition) is 1. The number of fused-ring (bicyclic) bond motifs is 1. The molecule has 0 aliphatic rings. The molecular formula is C19H19N3O2. The number of benzene rings is 1. The van der Waals surface area contributed by atoms with E-state index in [9.17, 15) is 9.59 Å². The Morgan fingerprint density at radius 2 is 1.92 bits per heavy atom. The molecular weight excluding hydrogens is 302 g/mol. The van der Waals surface area contributed by atoms with E-state index in [1.807, 2.05) is 44.2 Å². The summed E-state index contributed by atoms with van der Waals surface area (Å²) < 4.78 is 1.57. The zero-order chi connectivity index (χ0) is 17.3. The summed E-state index contributed by atoms with van der Waals surface area (Å²) in [6.07, 6.45) is 0. The maximum absolute atomic E-state index is 12.5. The molecule has 0 saturated carbocycles. The lowest BCUT2D eigenvalue weighted by Crippen LogP contribution is -2.29. The molecule has 5 heteroatoms.